The van der Waals surface area contributed by atoms with Gasteiger partial charge in [0.05, 0.1) is 0 Å². The third-order valence-corrected chi connectivity index (χ3v) is 5.12. The molecule has 0 fully saturated rings. The number of pyridine rings is 1. The molecule has 2 N–H and O–H groups in total. The van der Waals surface area contributed by atoms with E-state index in [4.69, 9.17) is 5.11 Å². The van der Waals surface area contributed by atoms with Gasteiger partial charge in [-0.3, -0.25) is 4.79 Å². The third-order valence-electron chi connectivity index (χ3n) is 2.85. The minimum absolute atomic E-state index is 0.125. The molecule has 6 heteroatoms. The molecule has 1 aromatic heterocycles. The van der Waals surface area contributed by atoms with Crippen molar-refractivity contribution in [1.29, 1.82) is 0 Å². The standard InChI is InChI=1S/C15H24N2O2S2/c18-12-7-3-1-2-5-10-16-14(19)9-13-20-21-15-8-4-6-11-17-15/h4,6,8,11,18H,1-3,5,7,9-10,12-13H2,(H,16,19). The van der Waals surface area contributed by atoms with E-state index in [1.54, 1.807) is 27.8 Å². The molecule has 0 spiro atoms. The lowest BCUT2D eigenvalue weighted by Gasteiger charge is -2.05. The number of amides is 1. The summed E-state index contributed by atoms with van der Waals surface area (Å²) in [6.45, 7) is 1.04. The van der Waals surface area contributed by atoms with Crippen molar-refractivity contribution in [3.63, 3.8) is 0 Å². The first-order valence-electron chi connectivity index (χ1n) is 7.41. The molecule has 0 saturated carbocycles. The van der Waals surface area contributed by atoms with E-state index < -0.39 is 0 Å². The van der Waals surface area contributed by atoms with Crippen LogP contribution < -0.4 is 5.32 Å². The van der Waals surface area contributed by atoms with Crippen molar-refractivity contribution in [2.45, 2.75) is 43.6 Å². The van der Waals surface area contributed by atoms with Gasteiger partial charge >= 0.3 is 0 Å². The molecule has 0 aromatic carbocycles. The molecule has 21 heavy (non-hydrogen) atoms. The molecule has 0 aliphatic carbocycles. The van der Waals surface area contributed by atoms with E-state index in [-0.39, 0.29) is 12.5 Å². The minimum atomic E-state index is 0.125. The second kappa shape index (κ2) is 13.0. The van der Waals surface area contributed by atoms with Gasteiger partial charge in [-0.1, -0.05) is 36.1 Å². The van der Waals surface area contributed by atoms with Crippen LogP contribution in [0.25, 0.3) is 0 Å². The molecular weight excluding hydrogens is 304 g/mol. The van der Waals surface area contributed by atoms with E-state index in [0.29, 0.717) is 6.42 Å². The lowest BCUT2D eigenvalue weighted by Crippen LogP contribution is -2.24. The van der Waals surface area contributed by atoms with Crippen LogP contribution >= 0.6 is 21.6 Å². The Kier molecular flexibility index (Phi) is 11.3. The average Bonchev–Trinajstić information content (AvgIpc) is 2.52. The maximum atomic E-state index is 11.6. The molecule has 1 amide bonds. The number of aliphatic hydroxyl groups is 1. The summed E-state index contributed by atoms with van der Waals surface area (Å²) in [5.74, 6) is 0.920. The molecule has 0 aliphatic rings. The monoisotopic (exact) mass is 328 g/mol. The molecule has 4 nitrogen and oxygen atoms in total. The summed E-state index contributed by atoms with van der Waals surface area (Å²) in [4.78, 5) is 15.8. The number of hydrogen-bond acceptors (Lipinski definition) is 5. The van der Waals surface area contributed by atoms with Crippen LogP contribution in [0, 0.1) is 0 Å². The summed E-state index contributed by atoms with van der Waals surface area (Å²) in [6.07, 6.45) is 7.55. The number of unbranched alkanes of at least 4 members (excludes halogenated alkanes) is 4. The van der Waals surface area contributed by atoms with E-state index in [9.17, 15) is 4.79 Å². The Bertz CT molecular complexity index is 377. The van der Waals surface area contributed by atoms with Gasteiger partial charge in [0, 0.05) is 31.5 Å². The van der Waals surface area contributed by atoms with Crippen LogP contribution in [0.1, 0.15) is 38.5 Å². The molecule has 0 atom stereocenters. The summed E-state index contributed by atoms with van der Waals surface area (Å²) in [7, 11) is 3.26. The molecule has 0 saturated heterocycles. The number of nitrogens with zero attached hydrogens (tertiary/aromatic N) is 1. The average molecular weight is 329 g/mol. The second-order valence-electron chi connectivity index (χ2n) is 4.66. The third kappa shape index (κ3) is 10.6. The van der Waals surface area contributed by atoms with Crippen molar-refractivity contribution in [2.24, 2.45) is 0 Å². The van der Waals surface area contributed by atoms with Gasteiger partial charge in [-0.2, -0.15) is 0 Å². The minimum Gasteiger partial charge on any atom is -0.396 e. The van der Waals surface area contributed by atoms with Gasteiger partial charge in [-0.15, -0.1) is 0 Å². The Morgan fingerprint density at radius 2 is 2.00 bits per heavy atom. The van der Waals surface area contributed by atoms with Crippen LogP contribution in [0.5, 0.6) is 0 Å². The summed E-state index contributed by atoms with van der Waals surface area (Å²) in [6, 6.07) is 5.82. The first-order chi connectivity index (χ1) is 10.3. The van der Waals surface area contributed by atoms with Crippen LogP contribution in [0.4, 0.5) is 0 Å². The van der Waals surface area contributed by atoms with Gasteiger partial charge in [0.15, 0.2) is 0 Å². The van der Waals surface area contributed by atoms with Crippen LogP contribution in [0.2, 0.25) is 0 Å². The van der Waals surface area contributed by atoms with Crippen LogP contribution in [0.15, 0.2) is 29.4 Å². The topological polar surface area (TPSA) is 62.2 Å². The van der Waals surface area contributed by atoms with Crippen molar-refractivity contribution in [3.05, 3.63) is 24.4 Å². The molecular formula is C15H24N2O2S2. The van der Waals surface area contributed by atoms with E-state index >= 15 is 0 Å². The smallest absolute Gasteiger partial charge is 0.220 e. The van der Waals surface area contributed by atoms with Gasteiger partial charge in [0.1, 0.15) is 5.03 Å². The summed E-state index contributed by atoms with van der Waals surface area (Å²) in [5, 5.41) is 12.6. The Hall–Kier alpha value is -0.720. The Morgan fingerprint density at radius 3 is 2.76 bits per heavy atom. The summed E-state index contributed by atoms with van der Waals surface area (Å²) in [5.41, 5.74) is 0. The van der Waals surface area contributed by atoms with Gasteiger partial charge < -0.3 is 10.4 Å². The highest BCUT2D eigenvalue weighted by molar-refractivity contribution is 8.76. The Morgan fingerprint density at radius 1 is 1.19 bits per heavy atom. The Labute approximate surface area is 134 Å². The van der Waals surface area contributed by atoms with Gasteiger partial charge in [0.2, 0.25) is 5.91 Å². The van der Waals surface area contributed by atoms with Crippen molar-refractivity contribution < 1.29 is 9.90 Å². The molecule has 0 unspecified atom stereocenters. The largest absolute Gasteiger partial charge is 0.396 e. The maximum Gasteiger partial charge on any atom is 0.220 e. The Balaban J connectivity index is 1.90. The highest BCUT2D eigenvalue weighted by Crippen LogP contribution is 2.29. The predicted molar refractivity (Wildman–Crippen MR) is 90.3 cm³/mol. The van der Waals surface area contributed by atoms with Crippen molar-refractivity contribution in [1.82, 2.24) is 10.3 Å². The fourth-order valence-electron chi connectivity index (χ4n) is 1.72. The van der Waals surface area contributed by atoms with E-state index in [1.807, 2.05) is 18.2 Å². The lowest BCUT2D eigenvalue weighted by molar-refractivity contribution is -0.120. The van der Waals surface area contributed by atoms with Gasteiger partial charge in [-0.25, -0.2) is 4.98 Å². The van der Waals surface area contributed by atoms with Crippen molar-refractivity contribution in [2.75, 3.05) is 18.9 Å². The number of rotatable bonds is 12. The molecule has 118 valence electrons. The van der Waals surface area contributed by atoms with E-state index in [2.05, 4.69) is 10.3 Å². The van der Waals surface area contributed by atoms with E-state index in [0.717, 1.165) is 49.4 Å². The molecule has 0 aliphatic heterocycles. The predicted octanol–water partition coefficient (Wildman–Crippen LogP) is 3.27. The zero-order chi connectivity index (χ0) is 15.2. The number of aromatic nitrogens is 1. The van der Waals surface area contributed by atoms with Crippen LogP contribution in [-0.2, 0) is 4.79 Å². The number of nitrogens with one attached hydrogen (secondary N) is 1. The fraction of sp³-hybridized carbons (Fsp3) is 0.600. The number of carbonyl (C=O) groups excluding carboxylic acids is 1. The molecule has 0 bridgehead atoms. The molecule has 0 radical (unpaired) electrons. The number of carbonyl (C=O) groups is 1. The molecule has 1 aromatic rings. The highest BCUT2D eigenvalue weighted by Gasteiger charge is 2.02. The van der Waals surface area contributed by atoms with Crippen LogP contribution in [0.3, 0.4) is 0 Å². The van der Waals surface area contributed by atoms with Gasteiger partial charge in [-0.05, 0) is 35.8 Å². The second-order valence-corrected chi connectivity index (χ2v) is 7.10. The van der Waals surface area contributed by atoms with E-state index in [1.165, 1.54) is 0 Å². The normalized spacial score (nSPS) is 10.5. The first kappa shape index (κ1) is 18.3. The highest BCUT2D eigenvalue weighted by atomic mass is 33.1. The molecule has 1 rings (SSSR count). The first-order valence-corrected chi connectivity index (χ1v) is 9.73. The number of hydrogen-bond donors (Lipinski definition) is 2. The number of aliphatic hydroxyl groups excluding tert-OH is 1. The summed E-state index contributed by atoms with van der Waals surface area (Å²) < 4.78 is 0. The zero-order valence-corrected chi connectivity index (χ0v) is 13.9. The SMILES string of the molecule is O=C(CCSSc1ccccn1)NCCCCCCCO. The van der Waals surface area contributed by atoms with Crippen molar-refractivity contribution >= 4 is 27.5 Å². The van der Waals surface area contributed by atoms with Crippen molar-refractivity contribution in [3.8, 4) is 0 Å². The molecule has 1 heterocycles. The zero-order valence-electron chi connectivity index (χ0n) is 12.3. The van der Waals surface area contributed by atoms with Gasteiger partial charge in [0.25, 0.3) is 0 Å². The quantitative estimate of drug-likeness (QED) is 0.455. The maximum absolute atomic E-state index is 11.6. The summed E-state index contributed by atoms with van der Waals surface area (Å²) >= 11 is 0. The fourth-order valence-corrected chi connectivity index (χ4v) is 3.58. The lowest BCUT2D eigenvalue weighted by atomic mass is 10.1. The van der Waals surface area contributed by atoms with Crippen LogP contribution in [-0.4, -0.2) is 34.9 Å².